The highest BCUT2D eigenvalue weighted by atomic mass is 35.5. The lowest BCUT2D eigenvalue weighted by Crippen LogP contribution is -2.46. The second-order valence-electron chi connectivity index (χ2n) is 8.62. The Labute approximate surface area is 180 Å². The van der Waals surface area contributed by atoms with Gasteiger partial charge >= 0.3 is 0 Å². The van der Waals surface area contributed by atoms with E-state index in [1.165, 1.54) is 4.90 Å². The Morgan fingerprint density at radius 1 is 1.00 bits per heavy atom. The number of halogens is 1. The number of ketones is 1. The number of benzene rings is 2. The summed E-state index contributed by atoms with van der Waals surface area (Å²) in [4.78, 5) is 44.0. The fourth-order valence-corrected chi connectivity index (χ4v) is 5.72. The minimum Gasteiger partial charge on any atom is -0.292 e. The molecule has 154 valence electrons. The van der Waals surface area contributed by atoms with Gasteiger partial charge in [0.1, 0.15) is 0 Å². The Kier molecular flexibility index (Phi) is 4.56. The number of hydrogen-bond donors (Lipinski definition) is 0. The number of aryl methyl sites for hydroxylation is 2. The largest absolute Gasteiger partial charge is 0.292 e. The molecule has 3 saturated heterocycles. The van der Waals surface area contributed by atoms with Crippen LogP contribution in [0.4, 0.5) is 5.69 Å². The number of carbonyl (C=O) groups is 3. The predicted molar refractivity (Wildman–Crippen MR) is 115 cm³/mol. The van der Waals surface area contributed by atoms with E-state index in [2.05, 4.69) is 4.90 Å². The molecule has 0 unspecified atom stereocenters. The molecule has 30 heavy (non-hydrogen) atoms. The Balaban J connectivity index is 1.56. The number of anilines is 1. The third-order valence-electron chi connectivity index (χ3n) is 6.84. The quantitative estimate of drug-likeness (QED) is 0.557. The first-order chi connectivity index (χ1) is 14.4. The van der Waals surface area contributed by atoms with Crippen molar-refractivity contribution in [2.75, 3.05) is 11.4 Å². The number of rotatable bonds is 3. The lowest BCUT2D eigenvalue weighted by Gasteiger charge is -2.28. The molecule has 5 rings (SSSR count). The Morgan fingerprint density at radius 2 is 1.70 bits per heavy atom. The number of carbonyl (C=O) groups excluding carboxylic acids is 3. The van der Waals surface area contributed by atoms with Crippen molar-refractivity contribution in [2.45, 2.75) is 38.8 Å². The van der Waals surface area contributed by atoms with Crippen LogP contribution in [0.3, 0.4) is 0 Å². The van der Waals surface area contributed by atoms with Crippen molar-refractivity contribution in [1.29, 1.82) is 0 Å². The van der Waals surface area contributed by atoms with Gasteiger partial charge in [0.05, 0.1) is 23.6 Å². The van der Waals surface area contributed by atoms with Gasteiger partial charge in [0, 0.05) is 16.6 Å². The van der Waals surface area contributed by atoms with Crippen molar-refractivity contribution < 1.29 is 14.4 Å². The van der Waals surface area contributed by atoms with Crippen LogP contribution in [-0.2, 0) is 9.59 Å². The normalized spacial score (nSPS) is 28.2. The zero-order valence-electron chi connectivity index (χ0n) is 17.0. The maximum Gasteiger partial charge on any atom is 0.239 e. The monoisotopic (exact) mass is 422 g/mol. The minimum absolute atomic E-state index is 0.0524. The highest BCUT2D eigenvalue weighted by molar-refractivity contribution is 6.30. The van der Waals surface area contributed by atoms with Gasteiger partial charge in [0.2, 0.25) is 11.8 Å². The van der Waals surface area contributed by atoms with Crippen molar-refractivity contribution >= 4 is 34.9 Å². The number of nitrogens with zero attached hydrogens (tertiary/aromatic N) is 2. The molecule has 2 amide bonds. The number of imide groups is 1. The number of amides is 2. The average molecular weight is 423 g/mol. The molecule has 3 fully saturated rings. The molecule has 3 aliphatic rings. The van der Waals surface area contributed by atoms with Crippen LogP contribution in [0.1, 0.15) is 34.3 Å². The van der Waals surface area contributed by atoms with Crippen molar-refractivity contribution in [1.82, 2.24) is 4.90 Å². The highest BCUT2D eigenvalue weighted by Gasteiger charge is 2.64. The van der Waals surface area contributed by atoms with Gasteiger partial charge < -0.3 is 0 Å². The van der Waals surface area contributed by atoms with E-state index >= 15 is 0 Å². The molecule has 0 aliphatic carbocycles. The van der Waals surface area contributed by atoms with Crippen molar-refractivity contribution in [3.05, 3.63) is 64.2 Å². The van der Waals surface area contributed by atoms with Crippen LogP contribution in [0.25, 0.3) is 0 Å². The van der Waals surface area contributed by atoms with Gasteiger partial charge in [-0.2, -0.15) is 0 Å². The highest BCUT2D eigenvalue weighted by Crippen LogP contribution is 2.48. The van der Waals surface area contributed by atoms with E-state index in [0.717, 1.165) is 30.5 Å². The molecule has 3 aliphatic heterocycles. The Morgan fingerprint density at radius 3 is 2.40 bits per heavy atom. The Hall–Kier alpha value is -2.50. The van der Waals surface area contributed by atoms with Crippen LogP contribution in [0.5, 0.6) is 0 Å². The standard InChI is InChI=1S/C24H23ClN2O3/c1-13-5-10-17(14(2)12-13)27-23(29)19-18-4-3-11-26(18)21(20(19)24(27)30)22(28)15-6-8-16(25)9-7-15/h5-10,12,18-21H,3-4,11H2,1-2H3/t18-,19-,20-,21+/m1/s1. The van der Waals surface area contributed by atoms with Gasteiger partial charge in [-0.25, -0.2) is 4.90 Å². The van der Waals surface area contributed by atoms with E-state index in [1.807, 2.05) is 32.0 Å². The van der Waals surface area contributed by atoms with Crippen molar-refractivity contribution in [3.8, 4) is 0 Å². The van der Waals surface area contributed by atoms with E-state index in [1.54, 1.807) is 24.3 Å². The first-order valence-corrected chi connectivity index (χ1v) is 10.8. The van der Waals surface area contributed by atoms with Crippen molar-refractivity contribution in [3.63, 3.8) is 0 Å². The molecule has 2 aromatic carbocycles. The van der Waals surface area contributed by atoms with Crippen LogP contribution >= 0.6 is 11.6 Å². The molecule has 0 radical (unpaired) electrons. The van der Waals surface area contributed by atoms with Crippen LogP contribution < -0.4 is 4.90 Å². The van der Waals surface area contributed by atoms with E-state index in [0.29, 0.717) is 16.3 Å². The summed E-state index contributed by atoms with van der Waals surface area (Å²) in [5, 5.41) is 0.558. The zero-order chi connectivity index (χ0) is 21.2. The summed E-state index contributed by atoms with van der Waals surface area (Å²) in [5.41, 5.74) is 3.13. The van der Waals surface area contributed by atoms with Crippen LogP contribution in [0.2, 0.25) is 5.02 Å². The van der Waals surface area contributed by atoms with E-state index in [-0.39, 0.29) is 23.6 Å². The van der Waals surface area contributed by atoms with Crippen LogP contribution in [0, 0.1) is 25.7 Å². The molecular formula is C24H23ClN2O3. The second kappa shape index (κ2) is 7.03. The maximum atomic E-state index is 13.6. The number of fused-ring (bicyclic) bond motifs is 3. The molecule has 0 N–H and O–H groups in total. The second-order valence-corrected chi connectivity index (χ2v) is 9.05. The van der Waals surface area contributed by atoms with E-state index in [9.17, 15) is 14.4 Å². The molecule has 3 heterocycles. The fraction of sp³-hybridized carbons (Fsp3) is 0.375. The fourth-order valence-electron chi connectivity index (χ4n) is 5.59. The minimum atomic E-state index is -0.633. The summed E-state index contributed by atoms with van der Waals surface area (Å²) in [6.07, 6.45) is 1.77. The summed E-state index contributed by atoms with van der Waals surface area (Å²) in [6, 6.07) is 11.8. The topological polar surface area (TPSA) is 57.7 Å². The van der Waals surface area contributed by atoms with Gasteiger partial charge in [-0.05, 0) is 69.1 Å². The van der Waals surface area contributed by atoms with Gasteiger partial charge in [-0.3, -0.25) is 19.3 Å². The third kappa shape index (κ3) is 2.76. The lowest BCUT2D eigenvalue weighted by atomic mass is 9.85. The molecule has 0 bridgehead atoms. The van der Waals surface area contributed by atoms with Gasteiger partial charge in [0.25, 0.3) is 0 Å². The first kappa shape index (κ1) is 19.5. The zero-order valence-corrected chi connectivity index (χ0v) is 17.7. The summed E-state index contributed by atoms with van der Waals surface area (Å²) >= 11 is 5.98. The maximum absolute atomic E-state index is 13.6. The van der Waals surface area contributed by atoms with Crippen LogP contribution in [0.15, 0.2) is 42.5 Å². The number of Topliss-reactive ketones (excluding diaryl/α,β-unsaturated/α-hetero) is 1. The van der Waals surface area contributed by atoms with Gasteiger partial charge in [0.15, 0.2) is 5.78 Å². The molecular weight excluding hydrogens is 400 g/mol. The van der Waals surface area contributed by atoms with Crippen LogP contribution in [-0.4, -0.2) is 41.1 Å². The number of hydrogen-bond acceptors (Lipinski definition) is 4. The molecule has 5 nitrogen and oxygen atoms in total. The third-order valence-corrected chi connectivity index (χ3v) is 7.09. The summed E-state index contributed by atoms with van der Waals surface area (Å²) in [6.45, 7) is 4.64. The molecule has 0 aromatic heterocycles. The van der Waals surface area contributed by atoms with Crippen molar-refractivity contribution in [2.24, 2.45) is 11.8 Å². The van der Waals surface area contributed by atoms with Gasteiger partial charge in [-0.15, -0.1) is 0 Å². The average Bonchev–Trinajstić information content (AvgIpc) is 3.35. The SMILES string of the molecule is Cc1ccc(N2C(=O)[C@@H]3[C@H](C2=O)[C@H]2CCCN2[C@@H]3C(=O)c2ccc(Cl)cc2)c(C)c1. The van der Waals surface area contributed by atoms with Gasteiger partial charge in [-0.1, -0.05) is 29.3 Å². The predicted octanol–water partition coefficient (Wildman–Crippen LogP) is 3.79. The van der Waals surface area contributed by atoms with E-state index in [4.69, 9.17) is 11.6 Å². The smallest absolute Gasteiger partial charge is 0.239 e. The molecule has 2 aromatic rings. The summed E-state index contributed by atoms with van der Waals surface area (Å²) < 4.78 is 0. The Bertz CT molecular complexity index is 1060. The molecule has 4 atom stereocenters. The molecule has 6 heteroatoms. The first-order valence-electron chi connectivity index (χ1n) is 10.4. The summed E-state index contributed by atoms with van der Waals surface area (Å²) in [5.74, 6) is -1.61. The van der Waals surface area contributed by atoms with E-state index < -0.39 is 17.9 Å². The molecule has 0 saturated carbocycles. The summed E-state index contributed by atoms with van der Waals surface area (Å²) in [7, 11) is 0. The molecule has 0 spiro atoms. The lowest BCUT2D eigenvalue weighted by molar-refractivity contribution is -0.123.